The van der Waals surface area contributed by atoms with Gasteiger partial charge >= 0.3 is 0 Å². The normalized spacial score (nSPS) is 38.4. The summed E-state index contributed by atoms with van der Waals surface area (Å²) in [7, 11) is 0. The Morgan fingerprint density at radius 1 is 1.43 bits per heavy atom. The van der Waals surface area contributed by atoms with Crippen LogP contribution in [0.15, 0.2) is 0 Å². The zero-order valence-corrected chi connectivity index (χ0v) is 9.14. The summed E-state index contributed by atoms with van der Waals surface area (Å²) < 4.78 is 0. The first-order valence-electron chi connectivity index (χ1n) is 6.01. The summed E-state index contributed by atoms with van der Waals surface area (Å²) in [5.74, 6) is 1.20. The van der Waals surface area contributed by atoms with Crippen molar-refractivity contribution >= 4 is 5.91 Å². The molecular weight excluding hydrogens is 174 g/mol. The van der Waals surface area contributed by atoms with Crippen molar-refractivity contribution in [3.05, 3.63) is 0 Å². The van der Waals surface area contributed by atoms with Crippen LogP contribution in [0.2, 0.25) is 0 Å². The second-order valence-corrected chi connectivity index (χ2v) is 5.16. The Balaban J connectivity index is 1.97. The van der Waals surface area contributed by atoms with Crippen molar-refractivity contribution in [3.8, 4) is 0 Å². The molecular formula is C12H21NO. The van der Waals surface area contributed by atoms with E-state index < -0.39 is 0 Å². The van der Waals surface area contributed by atoms with E-state index in [1.807, 2.05) is 0 Å². The van der Waals surface area contributed by atoms with E-state index in [9.17, 15) is 4.79 Å². The predicted molar refractivity (Wildman–Crippen MR) is 56.9 cm³/mol. The van der Waals surface area contributed by atoms with Crippen molar-refractivity contribution in [2.45, 2.75) is 51.9 Å². The number of hydrogen-bond donors (Lipinski definition) is 1. The summed E-state index contributed by atoms with van der Waals surface area (Å²) in [5.41, 5.74) is 0.348. The van der Waals surface area contributed by atoms with Gasteiger partial charge in [0.2, 0.25) is 5.91 Å². The molecule has 1 N–H and O–H groups in total. The van der Waals surface area contributed by atoms with Gasteiger partial charge in [-0.2, -0.15) is 0 Å². The number of carbonyl (C=O) groups is 1. The first-order chi connectivity index (χ1) is 6.74. The van der Waals surface area contributed by atoms with Crippen LogP contribution in [0.25, 0.3) is 0 Å². The van der Waals surface area contributed by atoms with Crippen LogP contribution in [0.4, 0.5) is 0 Å². The second kappa shape index (κ2) is 3.92. The Hall–Kier alpha value is -0.530. The standard InChI is InChI=1S/C12H21NO/c1-2-10-4-3-6-12(7-5-10)8-11(14)13-9-12/h10H,2-9H2,1H3,(H,13,14). The molecule has 0 radical (unpaired) electrons. The van der Waals surface area contributed by atoms with Crippen molar-refractivity contribution in [3.63, 3.8) is 0 Å². The second-order valence-electron chi connectivity index (χ2n) is 5.16. The lowest BCUT2D eigenvalue weighted by Crippen LogP contribution is -2.23. The van der Waals surface area contributed by atoms with Gasteiger partial charge in [0, 0.05) is 13.0 Å². The molecule has 1 saturated heterocycles. The number of carbonyl (C=O) groups excluding carboxylic acids is 1. The monoisotopic (exact) mass is 195 g/mol. The molecule has 2 fully saturated rings. The molecule has 1 aliphatic carbocycles. The summed E-state index contributed by atoms with van der Waals surface area (Å²) in [6.07, 6.45) is 8.69. The van der Waals surface area contributed by atoms with Crippen LogP contribution in [-0.4, -0.2) is 12.5 Å². The van der Waals surface area contributed by atoms with Gasteiger partial charge in [-0.3, -0.25) is 4.79 Å². The van der Waals surface area contributed by atoms with Crippen LogP contribution in [0.3, 0.4) is 0 Å². The fourth-order valence-electron chi connectivity index (χ4n) is 3.06. The van der Waals surface area contributed by atoms with Crippen molar-refractivity contribution in [1.82, 2.24) is 5.32 Å². The SMILES string of the molecule is CCC1CCCC2(CC1)CNC(=O)C2. The molecule has 1 amide bonds. The largest absolute Gasteiger partial charge is 0.356 e. The molecule has 80 valence electrons. The molecule has 2 rings (SSSR count). The topological polar surface area (TPSA) is 29.1 Å². The summed E-state index contributed by atoms with van der Waals surface area (Å²) >= 11 is 0. The first kappa shape index (κ1) is 10.0. The van der Waals surface area contributed by atoms with Crippen LogP contribution >= 0.6 is 0 Å². The van der Waals surface area contributed by atoms with Crippen LogP contribution in [0.5, 0.6) is 0 Å². The fraction of sp³-hybridized carbons (Fsp3) is 0.917. The van der Waals surface area contributed by atoms with Crippen molar-refractivity contribution in [2.75, 3.05) is 6.54 Å². The minimum Gasteiger partial charge on any atom is -0.356 e. The van der Waals surface area contributed by atoms with Crippen LogP contribution in [0.1, 0.15) is 51.9 Å². The summed E-state index contributed by atoms with van der Waals surface area (Å²) in [6.45, 7) is 3.24. The van der Waals surface area contributed by atoms with Gasteiger partial charge in [0.1, 0.15) is 0 Å². The van der Waals surface area contributed by atoms with Crippen molar-refractivity contribution in [2.24, 2.45) is 11.3 Å². The molecule has 1 aliphatic heterocycles. The minimum atomic E-state index is 0.278. The van der Waals surface area contributed by atoms with Gasteiger partial charge < -0.3 is 5.32 Å². The molecule has 14 heavy (non-hydrogen) atoms. The molecule has 1 heterocycles. The van der Waals surface area contributed by atoms with Crippen LogP contribution in [0, 0.1) is 11.3 Å². The minimum absolute atomic E-state index is 0.278. The van der Waals surface area contributed by atoms with Crippen LogP contribution < -0.4 is 5.32 Å². The number of rotatable bonds is 1. The maximum Gasteiger partial charge on any atom is 0.220 e. The Labute approximate surface area is 86.5 Å². The van der Waals surface area contributed by atoms with Gasteiger partial charge in [0.15, 0.2) is 0 Å². The zero-order valence-electron chi connectivity index (χ0n) is 9.14. The van der Waals surface area contributed by atoms with Crippen LogP contribution in [-0.2, 0) is 4.79 Å². The maximum absolute atomic E-state index is 11.3. The van der Waals surface area contributed by atoms with Gasteiger partial charge in [-0.25, -0.2) is 0 Å². The molecule has 2 unspecified atom stereocenters. The van der Waals surface area contributed by atoms with Crippen molar-refractivity contribution in [1.29, 1.82) is 0 Å². The van der Waals surface area contributed by atoms with E-state index in [1.54, 1.807) is 0 Å². The van der Waals surface area contributed by atoms with E-state index in [2.05, 4.69) is 12.2 Å². The highest BCUT2D eigenvalue weighted by Crippen LogP contribution is 2.42. The molecule has 2 heteroatoms. The summed E-state index contributed by atoms with van der Waals surface area (Å²) in [6, 6.07) is 0. The third-order valence-corrected chi connectivity index (χ3v) is 4.18. The Morgan fingerprint density at radius 2 is 2.29 bits per heavy atom. The Bertz CT molecular complexity index is 226. The highest BCUT2D eigenvalue weighted by molar-refractivity contribution is 5.79. The molecule has 0 aromatic carbocycles. The highest BCUT2D eigenvalue weighted by Gasteiger charge is 2.39. The molecule has 0 aromatic heterocycles. The van der Waals surface area contributed by atoms with E-state index in [1.165, 1.54) is 38.5 Å². The average molecular weight is 195 g/mol. The third-order valence-electron chi connectivity index (χ3n) is 4.18. The molecule has 1 spiro atoms. The van der Waals surface area contributed by atoms with Gasteiger partial charge in [-0.05, 0) is 30.6 Å². The molecule has 2 nitrogen and oxygen atoms in total. The van der Waals surface area contributed by atoms with E-state index in [4.69, 9.17) is 0 Å². The van der Waals surface area contributed by atoms with Gasteiger partial charge in [0.25, 0.3) is 0 Å². The van der Waals surface area contributed by atoms with E-state index >= 15 is 0 Å². The predicted octanol–water partition coefficient (Wildman–Crippen LogP) is 2.48. The summed E-state index contributed by atoms with van der Waals surface area (Å²) in [5, 5.41) is 3.00. The maximum atomic E-state index is 11.3. The lowest BCUT2D eigenvalue weighted by atomic mass is 9.79. The number of nitrogens with one attached hydrogen (secondary N) is 1. The van der Waals surface area contributed by atoms with Gasteiger partial charge in [-0.1, -0.05) is 26.2 Å². The lowest BCUT2D eigenvalue weighted by molar-refractivity contribution is -0.119. The molecule has 2 atom stereocenters. The lowest BCUT2D eigenvalue weighted by Gasteiger charge is -2.24. The van der Waals surface area contributed by atoms with Gasteiger partial charge in [-0.15, -0.1) is 0 Å². The number of amides is 1. The molecule has 2 aliphatic rings. The average Bonchev–Trinajstić information content (AvgIpc) is 2.44. The summed E-state index contributed by atoms with van der Waals surface area (Å²) in [4.78, 5) is 11.3. The molecule has 0 bridgehead atoms. The van der Waals surface area contributed by atoms with E-state index in [0.717, 1.165) is 18.9 Å². The quantitative estimate of drug-likeness (QED) is 0.684. The van der Waals surface area contributed by atoms with Crippen molar-refractivity contribution < 1.29 is 4.79 Å². The number of hydrogen-bond acceptors (Lipinski definition) is 1. The zero-order chi connectivity index (χ0) is 10.0. The highest BCUT2D eigenvalue weighted by atomic mass is 16.1. The van der Waals surface area contributed by atoms with E-state index in [0.29, 0.717) is 5.41 Å². The Kier molecular flexibility index (Phi) is 2.80. The smallest absolute Gasteiger partial charge is 0.220 e. The molecule has 1 saturated carbocycles. The molecule has 0 aromatic rings. The van der Waals surface area contributed by atoms with Gasteiger partial charge in [0.05, 0.1) is 0 Å². The van der Waals surface area contributed by atoms with E-state index in [-0.39, 0.29) is 5.91 Å². The third kappa shape index (κ3) is 1.94. The Morgan fingerprint density at radius 3 is 2.93 bits per heavy atom. The first-order valence-corrected chi connectivity index (χ1v) is 6.01. The fourth-order valence-corrected chi connectivity index (χ4v) is 3.06.